The van der Waals surface area contributed by atoms with Crippen LogP contribution in [0.3, 0.4) is 0 Å². The Balaban J connectivity index is 1.70. The van der Waals surface area contributed by atoms with Crippen LogP contribution < -0.4 is 10.6 Å². The van der Waals surface area contributed by atoms with Crippen LogP contribution in [0.1, 0.15) is 0 Å². The van der Waals surface area contributed by atoms with Crippen molar-refractivity contribution in [2.45, 2.75) is 6.10 Å². The lowest BCUT2D eigenvalue weighted by Crippen LogP contribution is -2.41. The zero-order chi connectivity index (χ0) is 11.9. The van der Waals surface area contributed by atoms with Crippen molar-refractivity contribution in [3.05, 3.63) is 30.3 Å². The Hall–Kier alpha value is -1.59. The van der Waals surface area contributed by atoms with E-state index in [2.05, 4.69) is 10.6 Å². The van der Waals surface area contributed by atoms with Gasteiger partial charge in [0.1, 0.15) is 12.7 Å². The average Bonchev–Trinajstić information content (AvgIpc) is 2.39. The molecule has 1 aliphatic rings. The third kappa shape index (κ3) is 4.05. The van der Waals surface area contributed by atoms with Gasteiger partial charge in [0.05, 0.1) is 6.61 Å². The molecule has 92 valence electrons. The van der Waals surface area contributed by atoms with Gasteiger partial charge < -0.3 is 14.8 Å². The number of benzene rings is 1. The second-order valence-corrected chi connectivity index (χ2v) is 3.79. The van der Waals surface area contributed by atoms with E-state index in [0.717, 1.165) is 18.8 Å². The van der Waals surface area contributed by atoms with Crippen LogP contribution in [0.4, 0.5) is 10.5 Å². The summed E-state index contributed by atoms with van der Waals surface area (Å²) in [4.78, 5) is 11.4. The van der Waals surface area contributed by atoms with Crippen LogP contribution in [0.2, 0.25) is 0 Å². The maximum atomic E-state index is 11.4. The Morgan fingerprint density at radius 2 is 2.29 bits per heavy atom. The molecule has 0 spiro atoms. The first-order valence-electron chi connectivity index (χ1n) is 5.66. The maximum Gasteiger partial charge on any atom is 0.411 e. The lowest BCUT2D eigenvalue weighted by atomic mass is 10.3. The lowest BCUT2D eigenvalue weighted by Gasteiger charge is -2.23. The molecule has 0 aromatic heterocycles. The fourth-order valence-electron chi connectivity index (χ4n) is 1.57. The molecule has 1 aromatic rings. The molecule has 1 heterocycles. The van der Waals surface area contributed by atoms with Crippen LogP contribution in [-0.2, 0) is 9.47 Å². The number of carbonyl (C=O) groups is 1. The highest BCUT2D eigenvalue weighted by atomic mass is 16.6. The van der Waals surface area contributed by atoms with Crippen molar-refractivity contribution in [2.75, 3.05) is 31.6 Å². The van der Waals surface area contributed by atoms with E-state index in [4.69, 9.17) is 9.47 Å². The van der Waals surface area contributed by atoms with Gasteiger partial charge in [0.15, 0.2) is 0 Å². The molecule has 2 N–H and O–H groups in total. The van der Waals surface area contributed by atoms with E-state index in [1.165, 1.54) is 0 Å². The van der Waals surface area contributed by atoms with Gasteiger partial charge in [-0.25, -0.2) is 4.79 Å². The molecule has 2 rings (SSSR count). The van der Waals surface area contributed by atoms with E-state index < -0.39 is 6.09 Å². The first-order valence-corrected chi connectivity index (χ1v) is 5.66. The van der Waals surface area contributed by atoms with Crippen LogP contribution in [0.15, 0.2) is 30.3 Å². The molecule has 0 aliphatic carbocycles. The number of hydrogen-bond acceptors (Lipinski definition) is 4. The number of carbonyl (C=O) groups excluding carboxylic acids is 1. The summed E-state index contributed by atoms with van der Waals surface area (Å²) in [5, 5.41) is 5.82. The van der Waals surface area contributed by atoms with Gasteiger partial charge in [0, 0.05) is 18.8 Å². The summed E-state index contributed by atoms with van der Waals surface area (Å²) >= 11 is 0. The van der Waals surface area contributed by atoms with Crippen LogP contribution in [0.25, 0.3) is 0 Å². The SMILES string of the molecule is O=C(Nc1ccccc1)OCC1CNCCO1. The fraction of sp³-hybridized carbons (Fsp3) is 0.417. The number of nitrogens with one attached hydrogen (secondary N) is 2. The van der Waals surface area contributed by atoms with Crippen molar-refractivity contribution in [3.8, 4) is 0 Å². The Morgan fingerprint density at radius 3 is 3.00 bits per heavy atom. The monoisotopic (exact) mass is 236 g/mol. The van der Waals surface area contributed by atoms with E-state index in [-0.39, 0.29) is 12.7 Å². The molecule has 5 nitrogen and oxygen atoms in total. The molecular formula is C12H16N2O3. The summed E-state index contributed by atoms with van der Waals surface area (Å²) in [6.45, 7) is 2.51. The number of anilines is 1. The third-order valence-electron chi connectivity index (χ3n) is 2.42. The zero-order valence-electron chi connectivity index (χ0n) is 9.52. The van der Waals surface area contributed by atoms with Gasteiger partial charge in [-0.05, 0) is 12.1 Å². The Kier molecular flexibility index (Phi) is 4.35. The number of rotatable bonds is 3. The summed E-state index contributed by atoms with van der Waals surface area (Å²) in [6, 6.07) is 9.20. The average molecular weight is 236 g/mol. The van der Waals surface area contributed by atoms with Gasteiger partial charge in [0.25, 0.3) is 0 Å². The van der Waals surface area contributed by atoms with Crippen molar-refractivity contribution in [2.24, 2.45) is 0 Å². The van der Waals surface area contributed by atoms with Crippen molar-refractivity contribution in [1.29, 1.82) is 0 Å². The number of ether oxygens (including phenoxy) is 2. The topological polar surface area (TPSA) is 59.6 Å². The largest absolute Gasteiger partial charge is 0.446 e. The lowest BCUT2D eigenvalue weighted by molar-refractivity contribution is -0.00984. The molecule has 1 atom stereocenters. The zero-order valence-corrected chi connectivity index (χ0v) is 9.52. The first kappa shape index (κ1) is 11.9. The van der Waals surface area contributed by atoms with Crippen LogP contribution in [0, 0.1) is 0 Å². The summed E-state index contributed by atoms with van der Waals surface area (Å²) < 4.78 is 10.5. The fourth-order valence-corrected chi connectivity index (χ4v) is 1.57. The van der Waals surface area contributed by atoms with Crippen LogP contribution in [-0.4, -0.2) is 38.5 Å². The highest BCUT2D eigenvalue weighted by Crippen LogP contribution is 2.05. The van der Waals surface area contributed by atoms with Gasteiger partial charge in [-0.3, -0.25) is 5.32 Å². The normalized spacial score (nSPS) is 19.6. The standard InChI is InChI=1S/C12H16N2O3/c15-12(14-10-4-2-1-3-5-10)17-9-11-8-13-6-7-16-11/h1-5,11,13H,6-9H2,(H,14,15). The molecule has 1 amide bonds. The van der Waals surface area contributed by atoms with Gasteiger partial charge >= 0.3 is 6.09 Å². The molecular weight excluding hydrogens is 220 g/mol. The van der Waals surface area contributed by atoms with Gasteiger partial charge in [-0.15, -0.1) is 0 Å². The Bertz CT molecular complexity index is 350. The first-order chi connectivity index (χ1) is 8.34. The molecule has 1 aliphatic heterocycles. The molecule has 1 unspecified atom stereocenters. The van der Waals surface area contributed by atoms with Gasteiger partial charge in [-0.2, -0.15) is 0 Å². The number of para-hydroxylation sites is 1. The molecule has 0 radical (unpaired) electrons. The van der Waals surface area contributed by atoms with E-state index in [1.807, 2.05) is 18.2 Å². The number of hydrogen-bond donors (Lipinski definition) is 2. The Labute approximate surface area is 100 Å². The predicted octanol–water partition coefficient (Wildman–Crippen LogP) is 1.22. The highest BCUT2D eigenvalue weighted by Gasteiger charge is 2.15. The minimum Gasteiger partial charge on any atom is -0.446 e. The summed E-state index contributed by atoms with van der Waals surface area (Å²) in [5.74, 6) is 0. The van der Waals surface area contributed by atoms with E-state index in [9.17, 15) is 4.79 Å². The smallest absolute Gasteiger partial charge is 0.411 e. The van der Waals surface area contributed by atoms with Gasteiger partial charge in [-0.1, -0.05) is 18.2 Å². The summed E-state index contributed by atoms with van der Waals surface area (Å²) in [6.07, 6.45) is -0.504. The second-order valence-electron chi connectivity index (χ2n) is 3.79. The quantitative estimate of drug-likeness (QED) is 0.828. The predicted molar refractivity (Wildman–Crippen MR) is 64.0 cm³/mol. The van der Waals surface area contributed by atoms with Crippen LogP contribution in [0.5, 0.6) is 0 Å². The minimum atomic E-state index is -0.453. The van der Waals surface area contributed by atoms with Crippen molar-refractivity contribution >= 4 is 11.8 Å². The molecule has 5 heteroatoms. The molecule has 17 heavy (non-hydrogen) atoms. The maximum absolute atomic E-state index is 11.4. The second kappa shape index (κ2) is 6.22. The van der Waals surface area contributed by atoms with E-state index in [0.29, 0.717) is 6.61 Å². The highest BCUT2D eigenvalue weighted by molar-refractivity contribution is 5.84. The Morgan fingerprint density at radius 1 is 1.47 bits per heavy atom. The summed E-state index contributed by atoms with van der Waals surface area (Å²) in [5.41, 5.74) is 0.722. The minimum absolute atomic E-state index is 0.0507. The van der Waals surface area contributed by atoms with Crippen molar-refractivity contribution < 1.29 is 14.3 Å². The van der Waals surface area contributed by atoms with Crippen molar-refractivity contribution in [3.63, 3.8) is 0 Å². The number of morpholine rings is 1. The molecule has 1 fully saturated rings. The van der Waals surface area contributed by atoms with E-state index in [1.54, 1.807) is 12.1 Å². The molecule has 1 saturated heterocycles. The van der Waals surface area contributed by atoms with E-state index >= 15 is 0 Å². The molecule has 0 saturated carbocycles. The van der Waals surface area contributed by atoms with Gasteiger partial charge in [0.2, 0.25) is 0 Å². The van der Waals surface area contributed by atoms with Crippen LogP contribution >= 0.6 is 0 Å². The summed E-state index contributed by atoms with van der Waals surface area (Å²) in [7, 11) is 0. The molecule has 1 aromatic carbocycles. The number of amides is 1. The van der Waals surface area contributed by atoms with Crippen molar-refractivity contribution in [1.82, 2.24) is 5.32 Å². The molecule has 0 bridgehead atoms. The third-order valence-corrected chi connectivity index (χ3v) is 2.42.